The number of benzene rings is 2. The molecule has 0 saturated heterocycles. The molecule has 0 aliphatic heterocycles. The standard InChI is InChI=1S/C26H30N2O6/c29-13-12-28(15-24(30)31)25(32)17-6-5-7-18(14-17)27-26(33)34-16-23-21-10-3-1-8-19(21)20-9-2-4-11-22(20)23/h1-4,8-11,17-18,23,29H,5-7,12-16H2,(H,27,33)(H,30,31)/t17-,18-/m1/s1. The lowest BCUT2D eigenvalue weighted by molar-refractivity contribution is -0.147. The predicted molar refractivity (Wildman–Crippen MR) is 125 cm³/mol. The molecule has 8 heteroatoms. The van der Waals surface area contributed by atoms with E-state index in [-0.39, 0.29) is 37.6 Å². The van der Waals surface area contributed by atoms with Crippen LogP contribution in [0, 0.1) is 5.92 Å². The maximum absolute atomic E-state index is 12.8. The van der Waals surface area contributed by atoms with Crippen LogP contribution in [-0.4, -0.2) is 65.4 Å². The van der Waals surface area contributed by atoms with E-state index >= 15 is 0 Å². The number of carboxylic acid groups (broad SMARTS) is 1. The number of aliphatic hydroxyl groups is 1. The van der Waals surface area contributed by atoms with Crippen LogP contribution in [-0.2, 0) is 14.3 Å². The summed E-state index contributed by atoms with van der Waals surface area (Å²) in [7, 11) is 0. The van der Waals surface area contributed by atoms with E-state index in [0.717, 1.165) is 35.1 Å². The molecule has 1 fully saturated rings. The first-order valence-corrected chi connectivity index (χ1v) is 11.7. The van der Waals surface area contributed by atoms with Gasteiger partial charge in [0.25, 0.3) is 0 Å². The van der Waals surface area contributed by atoms with Gasteiger partial charge in [-0.2, -0.15) is 0 Å². The third-order valence-corrected chi connectivity index (χ3v) is 6.70. The van der Waals surface area contributed by atoms with Gasteiger partial charge < -0.3 is 25.2 Å². The number of hydrogen-bond acceptors (Lipinski definition) is 5. The van der Waals surface area contributed by atoms with Crippen LogP contribution >= 0.6 is 0 Å². The normalized spacial score (nSPS) is 19.1. The van der Waals surface area contributed by atoms with Crippen LogP contribution in [0.4, 0.5) is 4.79 Å². The van der Waals surface area contributed by atoms with E-state index in [9.17, 15) is 19.5 Å². The van der Waals surface area contributed by atoms with Crippen LogP contribution in [0.25, 0.3) is 11.1 Å². The second kappa shape index (κ2) is 10.7. The van der Waals surface area contributed by atoms with Crippen molar-refractivity contribution in [1.29, 1.82) is 0 Å². The first-order valence-electron chi connectivity index (χ1n) is 11.7. The molecule has 2 amide bonds. The van der Waals surface area contributed by atoms with E-state index in [2.05, 4.69) is 29.6 Å². The number of alkyl carbamates (subject to hydrolysis) is 1. The highest BCUT2D eigenvalue weighted by Gasteiger charge is 2.33. The Labute approximate surface area is 198 Å². The molecule has 34 heavy (non-hydrogen) atoms. The zero-order valence-corrected chi connectivity index (χ0v) is 19.0. The number of amides is 2. The molecule has 8 nitrogen and oxygen atoms in total. The third kappa shape index (κ3) is 5.22. The highest BCUT2D eigenvalue weighted by Crippen LogP contribution is 2.44. The fraction of sp³-hybridized carbons (Fsp3) is 0.423. The number of carboxylic acids is 1. The molecule has 0 heterocycles. The number of carbonyl (C=O) groups is 3. The minimum atomic E-state index is -1.12. The maximum atomic E-state index is 12.8. The second-order valence-electron chi connectivity index (χ2n) is 8.91. The van der Waals surface area contributed by atoms with Crippen LogP contribution < -0.4 is 5.32 Å². The Hall–Kier alpha value is -3.39. The summed E-state index contributed by atoms with van der Waals surface area (Å²) in [6, 6.07) is 16.1. The molecular formula is C26H30N2O6. The smallest absolute Gasteiger partial charge is 0.407 e. The van der Waals surface area contributed by atoms with Crippen molar-refractivity contribution >= 4 is 18.0 Å². The maximum Gasteiger partial charge on any atom is 0.407 e. The third-order valence-electron chi connectivity index (χ3n) is 6.70. The molecule has 0 radical (unpaired) electrons. The second-order valence-corrected chi connectivity index (χ2v) is 8.91. The molecule has 2 aliphatic carbocycles. The summed E-state index contributed by atoms with van der Waals surface area (Å²) in [5.74, 6) is -1.83. The molecule has 0 bridgehead atoms. The number of nitrogens with zero attached hydrogens (tertiary/aromatic N) is 1. The minimum Gasteiger partial charge on any atom is -0.480 e. The summed E-state index contributed by atoms with van der Waals surface area (Å²) in [4.78, 5) is 37.6. The van der Waals surface area contributed by atoms with Crippen molar-refractivity contribution < 1.29 is 29.3 Å². The van der Waals surface area contributed by atoms with Gasteiger partial charge in [0.2, 0.25) is 5.91 Å². The minimum absolute atomic E-state index is 0.0217. The van der Waals surface area contributed by atoms with Gasteiger partial charge in [-0.15, -0.1) is 0 Å². The topological polar surface area (TPSA) is 116 Å². The Bertz CT molecular complexity index is 1010. The zero-order chi connectivity index (χ0) is 24.1. The van der Waals surface area contributed by atoms with Crippen molar-refractivity contribution in [3.63, 3.8) is 0 Å². The fourth-order valence-corrected chi connectivity index (χ4v) is 5.16. The first-order chi connectivity index (χ1) is 16.5. The molecule has 3 N–H and O–H groups in total. The number of carbonyl (C=O) groups excluding carboxylic acids is 2. The van der Waals surface area contributed by atoms with E-state index in [1.807, 2.05) is 24.3 Å². The lowest BCUT2D eigenvalue weighted by Crippen LogP contribution is -2.46. The lowest BCUT2D eigenvalue weighted by atomic mass is 9.85. The molecule has 2 aromatic rings. The molecule has 0 spiro atoms. The molecule has 0 unspecified atom stereocenters. The summed E-state index contributed by atoms with van der Waals surface area (Å²) < 4.78 is 5.62. The van der Waals surface area contributed by atoms with Crippen LogP contribution in [0.3, 0.4) is 0 Å². The van der Waals surface area contributed by atoms with Gasteiger partial charge in [0, 0.05) is 24.4 Å². The molecule has 2 atom stereocenters. The summed E-state index contributed by atoms with van der Waals surface area (Å²) in [5, 5.41) is 21.1. The Balaban J connectivity index is 1.34. The van der Waals surface area contributed by atoms with Gasteiger partial charge in [-0.25, -0.2) is 4.79 Å². The van der Waals surface area contributed by atoms with E-state index < -0.39 is 24.5 Å². The van der Waals surface area contributed by atoms with Gasteiger partial charge in [0.1, 0.15) is 13.2 Å². The van der Waals surface area contributed by atoms with Crippen molar-refractivity contribution in [3.8, 4) is 11.1 Å². The summed E-state index contributed by atoms with van der Waals surface area (Å²) in [6.07, 6.45) is 2.00. The first kappa shape index (κ1) is 23.8. The lowest BCUT2D eigenvalue weighted by Gasteiger charge is -2.32. The van der Waals surface area contributed by atoms with Crippen molar-refractivity contribution in [3.05, 3.63) is 59.7 Å². The van der Waals surface area contributed by atoms with Crippen molar-refractivity contribution in [2.45, 2.75) is 37.6 Å². The quantitative estimate of drug-likeness (QED) is 0.551. The Kier molecular flexibility index (Phi) is 7.47. The number of aliphatic hydroxyl groups excluding tert-OH is 1. The van der Waals surface area contributed by atoms with Gasteiger partial charge in [0.05, 0.1) is 6.61 Å². The van der Waals surface area contributed by atoms with E-state index in [4.69, 9.17) is 9.84 Å². The van der Waals surface area contributed by atoms with Gasteiger partial charge in [-0.3, -0.25) is 9.59 Å². The van der Waals surface area contributed by atoms with Crippen LogP contribution in [0.5, 0.6) is 0 Å². The SMILES string of the molecule is O=C(O)CN(CCO)C(=O)[C@@H]1CCC[C@@H](NC(=O)OCC2c3ccccc3-c3ccccc32)C1. The molecule has 4 rings (SSSR count). The van der Waals surface area contributed by atoms with E-state index in [1.165, 1.54) is 4.90 Å². The fourth-order valence-electron chi connectivity index (χ4n) is 5.16. The summed E-state index contributed by atoms with van der Waals surface area (Å²) in [6.45, 7) is -0.544. The largest absolute Gasteiger partial charge is 0.480 e. The average molecular weight is 467 g/mol. The van der Waals surface area contributed by atoms with Crippen molar-refractivity contribution in [2.75, 3.05) is 26.3 Å². The summed E-state index contributed by atoms with van der Waals surface area (Å²) in [5.41, 5.74) is 4.61. The van der Waals surface area contributed by atoms with Crippen molar-refractivity contribution in [1.82, 2.24) is 10.2 Å². The highest BCUT2D eigenvalue weighted by molar-refractivity contribution is 5.83. The Morgan fingerprint density at radius 3 is 2.26 bits per heavy atom. The molecule has 2 aromatic carbocycles. The molecule has 180 valence electrons. The number of nitrogens with one attached hydrogen (secondary N) is 1. The molecule has 1 saturated carbocycles. The Morgan fingerprint density at radius 2 is 1.65 bits per heavy atom. The van der Waals surface area contributed by atoms with Crippen molar-refractivity contribution in [2.24, 2.45) is 5.92 Å². The van der Waals surface area contributed by atoms with Crippen LogP contribution in [0.2, 0.25) is 0 Å². The van der Waals surface area contributed by atoms with Gasteiger partial charge >= 0.3 is 12.1 Å². The molecule has 2 aliphatic rings. The van der Waals surface area contributed by atoms with Gasteiger partial charge in [0.15, 0.2) is 0 Å². The molecular weight excluding hydrogens is 436 g/mol. The van der Waals surface area contributed by atoms with Crippen LogP contribution in [0.15, 0.2) is 48.5 Å². The monoisotopic (exact) mass is 466 g/mol. The highest BCUT2D eigenvalue weighted by atomic mass is 16.5. The van der Waals surface area contributed by atoms with E-state index in [0.29, 0.717) is 12.8 Å². The number of hydrogen-bond donors (Lipinski definition) is 3. The number of ether oxygens (including phenoxy) is 1. The Morgan fingerprint density at radius 1 is 1.00 bits per heavy atom. The number of aliphatic carboxylic acids is 1. The number of rotatable bonds is 8. The van der Waals surface area contributed by atoms with E-state index in [1.54, 1.807) is 0 Å². The predicted octanol–water partition coefficient (Wildman–Crippen LogP) is 2.99. The zero-order valence-electron chi connectivity index (χ0n) is 19.0. The molecule has 0 aromatic heterocycles. The van der Waals surface area contributed by atoms with Gasteiger partial charge in [-0.05, 0) is 41.5 Å². The number of fused-ring (bicyclic) bond motifs is 3. The van der Waals surface area contributed by atoms with Gasteiger partial charge in [-0.1, -0.05) is 55.0 Å². The average Bonchev–Trinajstić information content (AvgIpc) is 3.16. The summed E-state index contributed by atoms with van der Waals surface area (Å²) >= 11 is 0. The van der Waals surface area contributed by atoms with Crippen LogP contribution in [0.1, 0.15) is 42.7 Å².